The van der Waals surface area contributed by atoms with E-state index in [1.165, 1.54) is 0 Å². The predicted molar refractivity (Wildman–Crippen MR) is 112 cm³/mol. The van der Waals surface area contributed by atoms with Gasteiger partial charge in [-0.25, -0.2) is 9.97 Å². The molecule has 0 unspecified atom stereocenters. The van der Waals surface area contributed by atoms with E-state index in [4.69, 9.17) is 22.3 Å². The Labute approximate surface area is 169 Å². The van der Waals surface area contributed by atoms with Crippen molar-refractivity contribution >= 4 is 53.1 Å². The van der Waals surface area contributed by atoms with Gasteiger partial charge in [0, 0.05) is 37.1 Å². The Kier molecular flexibility index (Phi) is 7.08. The van der Waals surface area contributed by atoms with Gasteiger partial charge in [0.1, 0.15) is 11.6 Å². The molecule has 3 aromatic rings. The second-order valence-electron chi connectivity index (χ2n) is 5.89. The molecular formula is C17H21Cl3N6. The lowest BCUT2D eigenvalue weighted by atomic mass is 10.1. The molecule has 0 radical (unpaired) electrons. The Morgan fingerprint density at radius 2 is 1.92 bits per heavy atom. The van der Waals surface area contributed by atoms with E-state index in [-0.39, 0.29) is 24.8 Å². The average Bonchev–Trinajstić information content (AvgIpc) is 3.10. The number of nitrogens with two attached hydrogens (primary N) is 1. The van der Waals surface area contributed by atoms with Crippen LogP contribution in [-0.2, 0) is 6.54 Å². The maximum absolute atomic E-state index is 6.50. The number of benzene rings is 1. The number of rotatable bonds is 3. The zero-order chi connectivity index (χ0) is 16.5. The van der Waals surface area contributed by atoms with Gasteiger partial charge in [-0.05, 0) is 18.2 Å². The molecule has 6 nitrogen and oxygen atoms in total. The summed E-state index contributed by atoms with van der Waals surface area (Å²) in [6.45, 7) is 4.16. The van der Waals surface area contributed by atoms with Gasteiger partial charge in [0.2, 0.25) is 0 Å². The highest BCUT2D eigenvalue weighted by molar-refractivity contribution is 6.33. The fourth-order valence-electron chi connectivity index (χ4n) is 3.02. The number of halogens is 3. The predicted octanol–water partition coefficient (Wildman–Crippen LogP) is 2.99. The van der Waals surface area contributed by atoms with Gasteiger partial charge in [0.05, 0.1) is 29.0 Å². The first-order valence-corrected chi connectivity index (χ1v) is 8.42. The number of aromatic amines is 1. The highest BCUT2D eigenvalue weighted by Gasteiger charge is 2.16. The molecule has 0 saturated carbocycles. The highest BCUT2D eigenvalue weighted by Crippen LogP contribution is 2.30. The first-order valence-electron chi connectivity index (χ1n) is 8.05. The minimum absolute atomic E-state index is 0. The number of hydrogen-bond donors (Lipinski definition) is 3. The van der Waals surface area contributed by atoms with E-state index in [9.17, 15) is 0 Å². The summed E-state index contributed by atoms with van der Waals surface area (Å²) in [6, 6.07) is 8.13. The van der Waals surface area contributed by atoms with Crippen LogP contribution in [0.4, 0.5) is 5.82 Å². The number of aromatic nitrogens is 3. The number of imidazole rings is 1. The third-order valence-corrected chi connectivity index (χ3v) is 4.58. The summed E-state index contributed by atoms with van der Waals surface area (Å²) in [7, 11) is 0. The summed E-state index contributed by atoms with van der Waals surface area (Å²) in [4.78, 5) is 14.5. The lowest BCUT2D eigenvalue weighted by Gasteiger charge is -2.29. The molecule has 1 saturated heterocycles. The summed E-state index contributed by atoms with van der Waals surface area (Å²) in [5.41, 5.74) is 8.54. The van der Waals surface area contributed by atoms with Crippen LogP contribution in [0.3, 0.4) is 0 Å². The van der Waals surface area contributed by atoms with Crippen LogP contribution in [0, 0.1) is 0 Å². The number of piperazine rings is 1. The lowest BCUT2D eigenvalue weighted by molar-refractivity contribution is 0.585. The first-order chi connectivity index (χ1) is 11.7. The van der Waals surface area contributed by atoms with Gasteiger partial charge in [-0.2, -0.15) is 0 Å². The zero-order valence-electron chi connectivity index (χ0n) is 14.0. The Morgan fingerprint density at radius 1 is 1.15 bits per heavy atom. The number of pyridine rings is 1. The van der Waals surface area contributed by atoms with Crippen molar-refractivity contribution in [3.63, 3.8) is 0 Å². The number of H-pyrrole nitrogens is 1. The van der Waals surface area contributed by atoms with Crippen molar-refractivity contribution < 1.29 is 0 Å². The maximum Gasteiger partial charge on any atom is 0.148 e. The molecule has 0 amide bonds. The van der Waals surface area contributed by atoms with E-state index in [0.717, 1.165) is 60.0 Å². The summed E-state index contributed by atoms with van der Waals surface area (Å²) in [5.74, 6) is 1.64. The fraction of sp³-hybridized carbons (Fsp3) is 0.294. The van der Waals surface area contributed by atoms with E-state index < -0.39 is 0 Å². The molecule has 140 valence electrons. The van der Waals surface area contributed by atoms with Crippen LogP contribution in [-0.4, -0.2) is 41.1 Å². The van der Waals surface area contributed by atoms with Gasteiger partial charge in [0.25, 0.3) is 0 Å². The topological polar surface area (TPSA) is 82.9 Å². The maximum atomic E-state index is 6.50. The molecule has 1 aliphatic heterocycles. The summed E-state index contributed by atoms with van der Waals surface area (Å²) < 4.78 is 0. The van der Waals surface area contributed by atoms with Crippen molar-refractivity contribution in [2.75, 3.05) is 31.1 Å². The number of nitrogens with one attached hydrogen (secondary N) is 2. The van der Waals surface area contributed by atoms with Crippen LogP contribution in [0.1, 0.15) is 5.82 Å². The van der Waals surface area contributed by atoms with Gasteiger partial charge >= 0.3 is 0 Å². The fourth-order valence-corrected chi connectivity index (χ4v) is 3.30. The summed E-state index contributed by atoms with van der Waals surface area (Å²) in [5, 5.41) is 5.05. The van der Waals surface area contributed by atoms with E-state index in [2.05, 4.69) is 26.3 Å². The smallest absolute Gasteiger partial charge is 0.148 e. The van der Waals surface area contributed by atoms with E-state index in [0.29, 0.717) is 11.6 Å². The number of nitrogens with zero attached hydrogens (tertiary/aromatic N) is 3. The quantitative estimate of drug-likeness (QED) is 0.612. The molecule has 26 heavy (non-hydrogen) atoms. The van der Waals surface area contributed by atoms with Crippen molar-refractivity contribution in [1.29, 1.82) is 0 Å². The lowest BCUT2D eigenvalue weighted by Crippen LogP contribution is -2.44. The minimum Gasteiger partial charge on any atom is -0.353 e. The third kappa shape index (κ3) is 4.05. The van der Waals surface area contributed by atoms with Gasteiger partial charge in [0.15, 0.2) is 0 Å². The van der Waals surface area contributed by atoms with Crippen molar-refractivity contribution in [1.82, 2.24) is 20.3 Å². The van der Waals surface area contributed by atoms with Crippen LogP contribution in [0.5, 0.6) is 0 Å². The minimum atomic E-state index is 0. The normalized spacial score (nSPS) is 14.0. The first kappa shape index (κ1) is 20.7. The molecule has 0 atom stereocenters. The van der Waals surface area contributed by atoms with Crippen molar-refractivity contribution in [2.45, 2.75) is 6.54 Å². The van der Waals surface area contributed by atoms with Crippen LogP contribution in [0.15, 0.2) is 30.5 Å². The molecule has 0 bridgehead atoms. The van der Waals surface area contributed by atoms with Crippen molar-refractivity contribution in [3.8, 4) is 11.3 Å². The second kappa shape index (κ2) is 8.88. The van der Waals surface area contributed by atoms with Gasteiger partial charge < -0.3 is 20.9 Å². The average molecular weight is 416 g/mol. The van der Waals surface area contributed by atoms with Gasteiger partial charge in [-0.3, -0.25) is 0 Å². The Balaban J connectivity index is 0.00000121. The molecule has 9 heteroatoms. The SMILES string of the molecule is Cl.Cl.NCc1ncc(-c2ccc3nc(N4CCNCC4)c(Cl)cc3c2)[nH]1. The van der Waals surface area contributed by atoms with E-state index >= 15 is 0 Å². The van der Waals surface area contributed by atoms with E-state index in [1.54, 1.807) is 6.20 Å². The third-order valence-electron chi connectivity index (χ3n) is 4.30. The number of hydrogen-bond acceptors (Lipinski definition) is 5. The Morgan fingerprint density at radius 3 is 2.62 bits per heavy atom. The zero-order valence-corrected chi connectivity index (χ0v) is 16.4. The second-order valence-corrected chi connectivity index (χ2v) is 6.29. The standard InChI is InChI=1S/C17H19ClN6.2ClH/c18-13-8-12-7-11(15-10-21-16(9-19)22-15)1-2-14(12)23-17(13)24-5-3-20-4-6-24;;/h1-2,7-8,10,20H,3-6,9,19H2,(H,21,22);2*1H. The van der Waals surface area contributed by atoms with E-state index in [1.807, 2.05) is 18.2 Å². The van der Waals surface area contributed by atoms with Crippen molar-refractivity contribution in [3.05, 3.63) is 41.3 Å². The molecule has 3 heterocycles. The highest BCUT2D eigenvalue weighted by atomic mass is 35.5. The molecule has 0 aliphatic carbocycles. The Bertz CT molecular complexity index is 876. The number of fused-ring (bicyclic) bond motifs is 1. The molecule has 2 aromatic heterocycles. The monoisotopic (exact) mass is 414 g/mol. The molecular weight excluding hydrogens is 395 g/mol. The molecule has 4 N–H and O–H groups in total. The summed E-state index contributed by atoms with van der Waals surface area (Å²) in [6.07, 6.45) is 1.80. The van der Waals surface area contributed by atoms with Gasteiger partial charge in [-0.1, -0.05) is 17.7 Å². The molecule has 1 aliphatic rings. The molecule has 1 fully saturated rings. The van der Waals surface area contributed by atoms with Gasteiger partial charge in [-0.15, -0.1) is 24.8 Å². The summed E-state index contributed by atoms with van der Waals surface area (Å²) >= 11 is 6.50. The van der Waals surface area contributed by atoms with Crippen LogP contribution >= 0.6 is 36.4 Å². The van der Waals surface area contributed by atoms with Crippen LogP contribution in [0.2, 0.25) is 5.02 Å². The molecule has 4 rings (SSSR count). The van der Waals surface area contributed by atoms with Crippen LogP contribution < -0.4 is 16.0 Å². The Hall–Kier alpha value is -1.57. The largest absolute Gasteiger partial charge is 0.353 e. The molecule has 1 aromatic carbocycles. The van der Waals surface area contributed by atoms with Crippen LogP contribution in [0.25, 0.3) is 22.2 Å². The number of anilines is 1. The molecule has 0 spiro atoms. The van der Waals surface area contributed by atoms with Crippen molar-refractivity contribution in [2.24, 2.45) is 5.73 Å².